The lowest BCUT2D eigenvalue weighted by Crippen LogP contribution is -2.35. The van der Waals surface area contributed by atoms with Crippen LogP contribution in [-0.2, 0) is 4.74 Å². The molecule has 0 bridgehead atoms. The molecule has 5 nitrogen and oxygen atoms in total. The number of carboxylic acid groups (broad SMARTS) is 1. The molecular weight excluding hydrogens is 244 g/mol. The predicted molar refractivity (Wildman–Crippen MR) is 70.5 cm³/mol. The number of aromatic carboxylic acids is 1. The first kappa shape index (κ1) is 12.4. The van der Waals surface area contributed by atoms with Crippen LogP contribution in [0.4, 0.5) is 5.82 Å². The molecule has 2 aliphatic heterocycles. The van der Waals surface area contributed by atoms with Gasteiger partial charge in [-0.05, 0) is 31.4 Å². The maximum atomic E-state index is 10.8. The number of carbonyl (C=O) groups is 1. The molecule has 1 spiro atoms. The lowest BCUT2D eigenvalue weighted by atomic mass is 9.82. The molecule has 3 heterocycles. The van der Waals surface area contributed by atoms with E-state index in [0.29, 0.717) is 0 Å². The zero-order chi connectivity index (χ0) is 13.3. The normalized spacial score (nSPS) is 26.8. The SMILES string of the molecule is O=C(O)c1ccc(N2CCC3(CCCOC3)C2)nc1. The number of pyridine rings is 1. The average molecular weight is 262 g/mol. The van der Waals surface area contributed by atoms with E-state index in [1.165, 1.54) is 12.6 Å². The van der Waals surface area contributed by atoms with Crippen LogP contribution in [0.1, 0.15) is 29.6 Å². The van der Waals surface area contributed by atoms with E-state index < -0.39 is 5.97 Å². The van der Waals surface area contributed by atoms with E-state index in [-0.39, 0.29) is 11.0 Å². The second-order valence-corrected chi connectivity index (χ2v) is 5.54. The minimum absolute atomic E-state index is 0.235. The summed E-state index contributed by atoms with van der Waals surface area (Å²) in [7, 11) is 0. The second-order valence-electron chi connectivity index (χ2n) is 5.54. The Morgan fingerprint density at radius 3 is 2.95 bits per heavy atom. The molecule has 3 rings (SSSR count). The molecule has 0 amide bonds. The molecule has 19 heavy (non-hydrogen) atoms. The summed E-state index contributed by atoms with van der Waals surface area (Å²) in [5, 5.41) is 8.87. The van der Waals surface area contributed by atoms with E-state index in [4.69, 9.17) is 9.84 Å². The van der Waals surface area contributed by atoms with Gasteiger partial charge in [0.2, 0.25) is 0 Å². The Labute approximate surface area is 112 Å². The molecule has 0 aliphatic carbocycles. The molecule has 0 saturated carbocycles. The number of hydrogen-bond donors (Lipinski definition) is 1. The number of rotatable bonds is 2. The first-order valence-corrected chi connectivity index (χ1v) is 6.71. The van der Waals surface area contributed by atoms with E-state index in [2.05, 4.69) is 9.88 Å². The highest BCUT2D eigenvalue weighted by atomic mass is 16.5. The van der Waals surface area contributed by atoms with Crippen LogP contribution in [0.15, 0.2) is 18.3 Å². The smallest absolute Gasteiger partial charge is 0.337 e. The molecule has 5 heteroatoms. The third kappa shape index (κ3) is 2.42. The van der Waals surface area contributed by atoms with E-state index in [1.54, 1.807) is 12.1 Å². The monoisotopic (exact) mass is 262 g/mol. The maximum absolute atomic E-state index is 10.8. The molecule has 0 radical (unpaired) electrons. The summed E-state index contributed by atoms with van der Waals surface area (Å²) in [6, 6.07) is 3.42. The van der Waals surface area contributed by atoms with Crippen molar-refractivity contribution in [1.29, 1.82) is 0 Å². The van der Waals surface area contributed by atoms with Crippen LogP contribution < -0.4 is 4.90 Å². The summed E-state index contributed by atoms with van der Waals surface area (Å²) in [5.74, 6) is -0.0647. The van der Waals surface area contributed by atoms with Crippen molar-refractivity contribution in [3.63, 3.8) is 0 Å². The summed E-state index contributed by atoms with van der Waals surface area (Å²) in [5.41, 5.74) is 0.518. The van der Waals surface area contributed by atoms with Crippen LogP contribution >= 0.6 is 0 Å². The van der Waals surface area contributed by atoms with Gasteiger partial charge in [0.1, 0.15) is 5.82 Å². The topological polar surface area (TPSA) is 62.7 Å². The van der Waals surface area contributed by atoms with Crippen molar-refractivity contribution < 1.29 is 14.6 Å². The van der Waals surface area contributed by atoms with Crippen molar-refractivity contribution in [1.82, 2.24) is 4.98 Å². The Morgan fingerprint density at radius 2 is 2.32 bits per heavy atom. The lowest BCUT2D eigenvalue weighted by Gasteiger charge is -2.33. The molecule has 2 fully saturated rings. The van der Waals surface area contributed by atoms with E-state index in [9.17, 15) is 4.79 Å². The van der Waals surface area contributed by atoms with Gasteiger partial charge < -0.3 is 14.7 Å². The highest BCUT2D eigenvalue weighted by Crippen LogP contribution is 2.39. The van der Waals surface area contributed by atoms with Gasteiger partial charge >= 0.3 is 5.97 Å². The fourth-order valence-electron chi connectivity index (χ4n) is 3.06. The summed E-state index contributed by atoms with van der Waals surface area (Å²) in [6.07, 6.45) is 4.92. The Bertz CT molecular complexity index is 466. The van der Waals surface area contributed by atoms with Crippen molar-refractivity contribution in [2.45, 2.75) is 19.3 Å². The molecule has 102 valence electrons. The molecule has 1 atom stereocenters. The molecule has 1 N–H and O–H groups in total. The Hall–Kier alpha value is -1.62. The molecule has 1 unspecified atom stereocenters. The zero-order valence-electron chi connectivity index (χ0n) is 10.8. The Kier molecular flexibility index (Phi) is 3.14. The van der Waals surface area contributed by atoms with Crippen LogP contribution in [0, 0.1) is 5.41 Å². The lowest BCUT2D eigenvalue weighted by molar-refractivity contribution is 0.00437. The number of nitrogens with zero attached hydrogens (tertiary/aromatic N) is 2. The van der Waals surface area contributed by atoms with E-state index in [1.807, 2.05) is 0 Å². The summed E-state index contributed by atoms with van der Waals surface area (Å²) < 4.78 is 5.62. The van der Waals surface area contributed by atoms with Crippen molar-refractivity contribution in [2.75, 3.05) is 31.2 Å². The van der Waals surface area contributed by atoms with Crippen LogP contribution in [0.3, 0.4) is 0 Å². The minimum atomic E-state index is -0.933. The first-order chi connectivity index (χ1) is 9.19. The molecule has 1 aromatic heterocycles. The maximum Gasteiger partial charge on any atom is 0.337 e. The fourth-order valence-corrected chi connectivity index (χ4v) is 3.06. The van der Waals surface area contributed by atoms with Crippen molar-refractivity contribution >= 4 is 11.8 Å². The van der Waals surface area contributed by atoms with Crippen LogP contribution in [0.5, 0.6) is 0 Å². The molecule has 1 aromatic rings. The quantitative estimate of drug-likeness (QED) is 0.880. The largest absolute Gasteiger partial charge is 0.478 e. The fraction of sp³-hybridized carbons (Fsp3) is 0.571. The number of hydrogen-bond acceptors (Lipinski definition) is 4. The van der Waals surface area contributed by atoms with Gasteiger partial charge in [-0.2, -0.15) is 0 Å². The van der Waals surface area contributed by atoms with Gasteiger partial charge in [-0.1, -0.05) is 0 Å². The van der Waals surface area contributed by atoms with Gasteiger partial charge in [-0.3, -0.25) is 0 Å². The van der Waals surface area contributed by atoms with Crippen LogP contribution in [0.25, 0.3) is 0 Å². The van der Waals surface area contributed by atoms with Gasteiger partial charge in [0.25, 0.3) is 0 Å². The zero-order valence-corrected chi connectivity index (χ0v) is 10.8. The van der Waals surface area contributed by atoms with Crippen LogP contribution in [-0.4, -0.2) is 42.4 Å². The third-order valence-electron chi connectivity index (χ3n) is 4.16. The standard InChI is InChI=1S/C14H18N2O3/c17-13(18)11-2-3-12(15-8-11)16-6-5-14(9-16)4-1-7-19-10-14/h2-3,8H,1,4-7,9-10H2,(H,17,18). The van der Waals surface area contributed by atoms with Gasteiger partial charge in [-0.15, -0.1) is 0 Å². The summed E-state index contributed by atoms with van der Waals surface area (Å²) >= 11 is 0. The second kappa shape index (κ2) is 4.81. The van der Waals surface area contributed by atoms with Gasteiger partial charge in [-0.25, -0.2) is 9.78 Å². The Morgan fingerprint density at radius 1 is 1.42 bits per heavy atom. The Balaban J connectivity index is 1.72. The molecular formula is C14H18N2O3. The minimum Gasteiger partial charge on any atom is -0.478 e. The van der Waals surface area contributed by atoms with Crippen molar-refractivity contribution in [3.8, 4) is 0 Å². The first-order valence-electron chi connectivity index (χ1n) is 6.71. The van der Waals surface area contributed by atoms with Crippen LogP contribution in [0.2, 0.25) is 0 Å². The average Bonchev–Trinajstić information content (AvgIpc) is 2.83. The van der Waals surface area contributed by atoms with Crippen molar-refractivity contribution in [3.05, 3.63) is 23.9 Å². The number of anilines is 1. The van der Waals surface area contributed by atoms with Gasteiger partial charge in [0.05, 0.1) is 12.2 Å². The van der Waals surface area contributed by atoms with Gasteiger partial charge in [0.15, 0.2) is 0 Å². The van der Waals surface area contributed by atoms with E-state index >= 15 is 0 Å². The highest BCUT2D eigenvalue weighted by Gasteiger charge is 2.40. The third-order valence-corrected chi connectivity index (χ3v) is 4.16. The summed E-state index contributed by atoms with van der Waals surface area (Å²) in [4.78, 5) is 17.3. The number of ether oxygens (including phenoxy) is 1. The highest BCUT2D eigenvalue weighted by molar-refractivity contribution is 5.87. The number of carboxylic acids is 1. The van der Waals surface area contributed by atoms with E-state index in [0.717, 1.165) is 45.0 Å². The molecule has 2 aliphatic rings. The molecule has 2 saturated heterocycles. The molecule has 0 aromatic carbocycles. The van der Waals surface area contributed by atoms with Crippen molar-refractivity contribution in [2.24, 2.45) is 5.41 Å². The number of aromatic nitrogens is 1. The van der Waals surface area contributed by atoms with Gasteiger partial charge in [0, 0.05) is 31.3 Å². The predicted octanol–water partition coefficient (Wildman–Crippen LogP) is 1.79. The summed E-state index contributed by atoms with van der Waals surface area (Å²) in [6.45, 7) is 3.67.